The van der Waals surface area contributed by atoms with Crippen LogP contribution in [0.1, 0.15) is 89.3 Å². The number of anilines is 2. The van der Waals surface area contributed by atoms with Crippen LogP contribution in [0.5, 0.6) is 17.2 Å². The summed E-state index contributed by atoms with van der Waals surface area (Å²) in [6.07, 6.45) is 12.4. The Morgan fingerprint density at radius 2 is 1.23 bits per heavy atom. The van der Waals surface area contributed by atoms with Crippen molar-refractivity contribution in [2.75, 3.05) is 50.2 Å². The third-order valence-corrected chi connectivity index (χ3v) is 12.2. The Morgan fingerprint density at radius 1 is 0.689 bits per heavy atom. The molecule has 0 amide bonds. The van der Waals surface area contributed by atoms with Gasteiger partial charge in [-0.2, -0.15) is 0 Å². The maximum atomic E-state index is 9.81. The molecule has 0 N–H and O–H groups in total. The number of carbonyl (C=O) groups is 1. The van der Waals surface area contributed by atoms with Crippen LogP contribution in [0.3, 0.4) is 0 Å². The van der Waals surface area contributed by atoms with E-state index >= 15 is 0 Å². The van der Waals surface area contributed by atoms with Gasteiger partial charge in [0.1, 0.15) is 11.5 Å². The Labute approximate surface area is 363 Å². The summed E-state index contributed by atoms with van der Waals surface area (Å²) in [5, 5.41) is 2.13. The minimum Gasteiger partial charge on any atom is -0.493 e. The smallest absolute Gasteiger partial charge is 0.178 e. The molecular weight excluding hydrogens is 753 g/mol. The van der Waals surface area contributed by atoms with Crippen LogP contribution >= 0.6 is 0 Å². The van der Waals surface area contributed by atoms with Gasteiger partial charge in [-0.3, -0.25) is 0 Å². The number of fused-ring (bicyclic) bond motifs is 3. The second-order valence-electron chi connectivity index (χ2n) is 16.2. The highest BCUT2D eigenvalue weighted by Gasteiger charge is 2.38. The number of ether oxygens (including phenoxy) is 3. The van der Waals surface area contributed by atoms with Gasteiger partial charge in [0.25, 0.3) is 0 Å². The molecule has 0 bridgehead atoms. The zero-order chi connectivity index (χ0) is 42.8. The summed E-state index contributed by atoms with van der Waals surface area (Å²) < 4.78 is 19.0. The van der Waals surface area contributed by atoms with Crippen molar-refractivity contribution in [2.24, 2.45) is 0 Å². The number of unbranched alkanes of at least 4 members (excludes halogenated alkanes) is 2. The van der Waals surface area contributed by atoms with E-state index in [0.29, 0.717) is 17.9 Å². The van der Waals surface area contributed by atoms with Gasteiger partial charge >= 0.3 is 0 Å². The fourth-order valence-corrected chi connectivity index (χ4v) is 8.48. The first-order valence-electron chi connectivity index (χ1n) is 22.3. The van der Waals surface area contributed by atoms with E-state index in [4.69, 9.17) is 14.2 Å². The first kappa shape index (κ1) is 43.1. The lowest BCUT2D eigenvalue weighted by atomic mass is 9.82. The minimum absolute atomic E-state index is 0.255. The molecule has 0 radical (unpaired) electrons. The lowest BCUT2D eigenvalue weighted by Crippen LogP contribution is -2.34. The van der Waals surface area contributed by atoms with Gasteiger partial charge in [-0.25, -0.2) is 0 Å². The fraction of sp³-hybridized carbons (Fsp3) is 0.327. The van der Waals surface area contributed by atoms with Crippen LogP contribution in [0.25, 0.3) is 39.1 Å². The van der Waals surface area contributed by atoms with Gasteiger partial charge in [-0.05, 0) is 120 Å². The molecule has 6 heteroatoms. The first-order valence-corrected chi connectivity index (χ1v) is 22.3. The Kier molecular flexibility index (Phi) is 14.2. The molecule has 0 aliphatic carbocycles. The zero-order valence-electron chi connectivity index (χ0n) is 37.0. The van der Waals surface area contributed by atoms with Gasteiger partial charge in [-0.15, -0.1) is 0 Å². The van der Waals surface area contributed by atoms with Gasteiger partial charge in [0.2, 0.25) is 0 Å². The third-order valence-electron chi connectivity index (χ3n) is 12.2. The molecule has 1 fully saturated rings. The number of ketones is 1. The maximum absolute atomic E-state index is 9.81. The van der Waals surface area contributed by atoms with Crippen molar-refractivity contribution in [2.45, 2.75) is 78.2 Å². The summed E-state index contributed by atoms with van der Waals surface area (Å²) in [7, 11) is 3.39. The first-order chi connectivity index (χ1) is 29.8. The van der Waals surface area contributed by atoms with Crippen LogP contribution in [-0.2, 0) is 10.4 Å². The predicted octanol–water partition coefficient (Wildman–Crippen LogP) is 13.5. The number of hydrogen-bond acceptors (Lipinski definition) is 6. The van der Waals surface area contributed by atoms with Gasteiger partial charge in [-0.1, -0.05) is 112 Å². The van der Waals surface area contributed by atoms with Crippen molar-refractivity contribution >= 4 is 34.0 Å². The molecule has 0 spiro atoms. The average molecular weight is 815 g/mol. The Bertz CT molecular complexity index is 2390. The Hall–Kier alpha value is -6.01. The molecule has 6 aromatic rings. The summed E-state index contributed by atoms with van der Waals surface area (Å²) in [4.78, 5) is 14.8. The molecule has 0 aromatic heterocycles. The number of nitrogens with zero attached hydrogens (tertiary/aromatic N) is 2. The second kappa shape index (κ2) is 20.0. The molecule has 0 saturated carbocycles. The van der Waals surface area contributed by atoms with Gasteiger partial charge < -0.3 is 28.8 Å². The number of hydrogen-bond donors (Lipinski definition) is 0. The van der Waals surface area contributed by atoms with Crippen molar-refractivity contribution in [3.63, 3.8) is 0 Å². The standard InChI is InChI=1S/C51H54N2O3.C4H8O/c1-5-7-30-52(31-8-6-2)42-24-20-38(21-25-42)37-16-18-39(19-17-37)45-34-48-44(46-35-49(54-3)50(55-4)36-47(45)46)28-29-51(56-48,40-14-10-9-11-15-40)41-22-26-43(27-23-41)53-32-12-13-33-53;1-3-4(2)5/h9-11,14-29,34-36H,5-8,12-13,30-33H2,1-4H3;3H2,1-2H3. The number of Topliss-reactive ketones (excluding diaryl/α,β-unsaturated/α-hetero) is 1. The Morgan fingerprint density at radius 3 is 1.79 bits per heavy atom. The lowest BCUT2D eigenvalue weighted by molar-refractivity contribution is -0.116. The predicted molar refractivity (Wildman–Crippen MR) is 256 cm³/mol. The van der Waals surface area contributed by atoms with E-state index in [2.05, 4.69) is 157 Å². The SMILES string of the molecule is CCC(C)=O.CCCCN(CCCC)c1ccc(-c2ccc(-c3cc4c(c5cc(OC)c(OC)cc35)C=CC(c3ccccc3)(c3ccc(N5CCCC5)cc3)O4)cc2)cc1. The summed E-state index contributed by atoms with van der Waals surface area (Å²) in [6.45, 7) is 12.4. The monoisotopic (exact) mass is 814 g/mol. The molecule has 1 unspecified atom stereocenters. The average Bonchev–Trinajstić information content (AvgIpc) is 3.87. The van der Waals surface area contributed by atoms with E-state index in [0.717, 1.165) is 70.5 Å². The van der Waals surface area contributed by atoms with Gasteiger partial charge in [0, 0.05) is 60.7 Å². The van der Waals surface area contributed by atoms with E-state index in [1.54, 1.807) is 21.1 Å². The molecule has 2 aliphatic rings. The molecule has 6 aromatic carbocycles. The van der Waals surface area contributed by atoms with Crippen LogP contribution in [0.15, 0.2) is 127 Å². The second-order valence-corrected chi connectivity index (χ2v) is 16.2. The highest BCUT2D eigenvalue weighted by atomic mass is 16.5. The van der Waals surface area contributed by atoms with Crippen molar-refractivity contribution < 1.29 is 19.0 Å². The van der Waals surface area contributed by atoms with E-state index in [-0.39, 0.29) is 5.78 Å². The summed E-state index contributed by atoms with van der Waals surface area (Å²) >= 11 is 0. The Balaban J connectivity index is 0.00000106. The van der Waals surface area contributed by atoms with E-state index in [1.807, 2.05) is 6.92 Å². The van der Waals surface area contributed by atoms with E-state index < -0.39 is 5.60 Å². The van der Waals surface area contributed by atoms with Gasteiger partial charge in [0.15, 0.2) is 17.1 Å². The number of rotatable bonds is 15. The topological polar surface area (TPSA) is 51.2 Å². The maximum Gasteiger partial charge on any atom is 0.178 e. The van der Waals surface area contributed by atoms with Crippen LogP contribution in [-0.4, -0.2) is 46.2 Å². The summed E-state index contributed by atoms with van der Waals surface area (Å²) in [5.41, 5.74) is 9.55. The van der Waals surface area contributed by atoms with Crippen molar-refractivity contribution in [1.82, 2.24) is 0 Å². The summed E-state index contributed by atoms with van der Waals surface area (Å²) in [5.74, 6) is 2.46. The lowest BCUT2D eigenvalue weighted by Gasteiger charge is -2.37. The number of methoxy groups -OCH3 is 2. The molecular formula is C55H62N2O4. The molecule has 8 rings (SSSR count). The fourth-order valence-electron chi connectivity index (χ4n) is 8.48. The van der Waals surface area contributed by atoms with Crippen LogP contribution in [0.2, 0.25) is 0 Å². The van der Waals surface area contributed by atoms with E-state index in [9.17, 15) is 4.79 Å². The van der Waals surface area contributed by atoms with Crippen molar-refractivity contribution in [3.8, 4) is 39.5 Å². The zero-order valence-corrected chi connectivity index (χ0v) is 37.0. The molecule has 61 heavy (non-hydrogen) atoms. The molecule has 1 saturated heterocycles. The molecule has 2 heterocycles. The molecule has 316 valence electrons. The van der Waals surface area contributed by atoms with Gasteiger partial charge in [0.05, 0.1) is 14.2 Å². The third kappa shape index (κ3) is 9.49. The normalized spacial score (nSPS) is 15.4. The summed E-state index contributed by atoms with van der Waals surface area (Å²) in [6, 6.07) is 44.0. The molecule has 2 aliphatic heterocycles. The number of carbonyl (C=O) groups excluding carboxylic acids is 1. The minimum atomic E-state index is -0.808. The highest BCUT2D eigenvalue weighted by Crippen LogP contribution is 2.49. The largest absolute Gasteiger partial charge is 0.493 e. The molecule has 6 nitrogen and oxygen atoms in total. The van der Waals surface area contributed by atoms with Crippen molar-refractivity contribution in [3.05, 3.63) is 144 Å². The van der Waals surface area contributed by atoms with Crippen molar-refractivity contribution in [1.29, 1.82) is 0 Å². The highest BCUT2D eigenvalue weighted by molar-refractivity contribution is 6.05. The van der Waals surface area contributed by atoms with Crippen LogP contribution < -0.4 is 24.0 Å². The molecule has 1 atom stereocenters. The van der Waals surface area contributed by atoms with Crippen LogP contribution in [0.4, 0.5) is 11.4 Å². The van der Waals surface area contributed by atoms with E-state index in [1.165, 1.54) is 61.0 Å². The quantitative estimate of drug-likeness (QED) is 0.103. The number of benzene rings is 6. The van der Waals surface area contributed by atoms with Crippen LogP contribution in [0, 0.1) is 0 Å².